The molecule has 2 atom stereocenters. The maximum atomic E-state index is 12.0. The van der Waals surface area contributed by atoms with Crippen LogP contribution in [0.5, 0.6) is 0 Å². The molecule has 0 bridgehead atoms. The second kappa shape index (κ2) is 34.7. The molecule has 0 saturated heterocycles. The Morgan fingerprint density at radius 3 is 0.955 bits per heavy atom. The van der Waals surface area contributed by atoms with E-state index in [1.54, 1.807) is 0 Å². The summed E-state index contributed by atoms with van der Waals surface area (Å²) in [4.78, 5) is 24.1. The molecule has 0 aromatic carbocycles. The van der Waals surface area contributed by atoms with Crippen LogP contribution in [-0.2, 0) is 9.59 Å². The van der Waals surface area contributed by atoms with Crippen molar-refractivity contribution in [3.05, 3.63) is 0 Å². The lowest BCUT2D eigenvalue weighted by atomic mass is 10.0. The average molecular weight is 625 g/mol. The number of nitrogens with one attached hydrogen (secondary N) is 2. The molecule has 0 rings (SSSR count). The molecule has 2 unspecified atom stereocenters. The highest BCUT2D eigenvalue weighted by atomic mass is 16.3. The molecule has 0 aromatic rings. The van der Waals surface area contributed by atoms with Gasteiger partial charge in [-0.15, -0.1) is 0 Å². The van der Waals surface area contributed by atoms with Gasteiger partial charge in [0.25, 0.3) is 0 Å². The standard InChI is InChI=1S/C38H76N2O4/c1-3-5-7-21-27-35(41)29-23-17-13-9-11-15-19-25-31-37(43)39-33-34-40-38(44)32-26-20-16-12-10-14-18-24-30-36(42)28-22-8-6-4-2/h35-36,41-42H,3-34H2,1-2H3,(H,39,43)(H,40,44). The van der Waals surface area contributed by atoms with E-state index >= 15 is 0 Å². The van der Waals surface area contributed by atoms with Crippen LogP contribution in [0.3, 0.4) is 0 Å². The van der Waals surface area contributed by atoms with E-state index in [-0.39, 0.29) is 24.0 Å². The van der Waals surface area contributed by atoms with Gasteiger partial charge in [-0.25, -0.2) is 0 Å². The van der Waals surface area contributed by atoms with Crippen molar-refractivity contribution in [3.63, 3.8) is 0 Å². The fraction of sp³-hybridized carbons (Fsp3) is 0.947. The Kier molecular flexibility index (Phi) is 33.8. The van der Waals surface area contributed by atoms with Gasteiger partial charge in [0.2, 0.25) is 11.8 Å². The highest BCUT2D eigenvalue weighted by Gasteiger charge is 2.06. The Hall–Kier alpha value is -1.14. The maximum Gasteiger partial charge on any atom is 0.220 e. The van der Waals surface area contributed by atoms with E-state index in [1.807, 2.05) is 0 Å². The van der Waals surface area contributed by atoms with Gasteiger partial charge in [0.1, 0.15) is 0 Å². The van der Waals surface area contributed by atoms with Gasteiger partial charge >= 0.3 is 0 Å². The Morgan fingerprint density at radius 1 is 0.409 bits per heavy atom. The zero-order chi connectivity index (χ0) is 32.4. The van der Waals surface area contributed by atoms with Crippen LogP contribution in [-0.4, -0.2) is 47.3 Å². The van der Waals surface area contributed by atoms with Crippen LogP contribution < -0.4 is 10.6 Å². The summed E-state index contributed by atoms with van der Waals surface area (Å²) in [6, 6.07) is 0. The second-order valence-corrected chi connectivity index (χ2v) is 13.4. The minimum absolute atomic E-state index is 0.0890. The first kappa shape index (κ1) is 42.9. The summed E-state index contributed by atoms with van der Waals surface area (Å²) in [7, 11) is 0. The van der Waals surface area contributed by atoms with E-state index in [0.717, 1.165) is 64.2 Å². The summed E-state index contributed by atoms with van der Waals surface area (Å²) in [5.41, 5.74) is 0. The Morgan fingerprint density at radius 2 is 0.659 bits per heavy atom. The predicted octanol–water partition coefficient (Wildman–Crippen LogP) is 9.68. The molecule has 0 aliphatic heterocycles. The molecule has 0 fully saturated rings. The number of aliphatic hydroxyl groups is 2. The van der Waals surface area contributed by atoms with Crippen molar-refractivity contribution >= 4 is 11.8 Å². The number of rotatable bonds is 35. The molecule has 0 saturated carbocycles. The minimum Gasteiger partial charge on any atom is -0.393 e. The molecule has 44 heavy (non-hydrogen) atoms. The highest BCUT2D eigenvalue weighted by molar-refractivity contribution is 5.77. The van der Waals surface area contributed by atoms with Crippen molar-refractivity contribution < 1.29 is 19.8 Å². The quantitative estimate of drug-likeness (QED) is 0.0528. The monoisotopic (exact) mass is 625 g/mol. The van der Waals surface area contributed by atoms with Gasteiger partial charge in [-0.3, -0.25) is 9.59 Å². The average Bonchev–Trinajstić information content (AvgIpc) is 3.01. The van der Waals surface area contributed by atoms with E-state index in [9.17, 15) is 19.8 Å². The molecule has 0 heterocycles. The van der Waals surface area contributed by atoms with Crippen molar-refractivity contribution in [1.82, 2.24) is 10.6 Å². The van der Waals surface area contributed by atoms with Gasteiger partial charge < -0.3 is 20.8 Å². The van der Waals surface area contributed by atoms with Crippen molar-refractivity contribution in [2.45, 2.75) is 219 Å². The van der Waals surface area contributed by atoms with E-state index in [4.69, 9.17) is 0 Å². The minimum atomic E-state index is -0.0998. The first-order valence-corrected chi connectivity index (χ1v) is 19.4. The SMILES string of the molecule is CCCCCCC(O)CCCCCCCCCCC(=O)NCCNC(=O)CCCCCCCCCCC(O)CCCCCC. The molecule has 0 aliphatic rings. The lowest BCUT2D eigenvalue weighted by Gasteiger charge is -2.10. The third-order valence-corrected chi connectivity index (χ3v) is 8.93. The summed E-state index contributed by atoms with van der Waals surface area (Å²) < 4.78 is 0. The molecular weight excluding hydrogens is 548 g/mol. The Labute approximate surface area is 273 Å². The van der Waals surface area contributed by atoms with Crippen LogP contribution in [0.1, 0.15) is 206 Å². The van der Waals surface area contributed by atoms with Crippen molar-refractivity contribution in [1.29, 1.82) is 0 Å². The summed E-state index contributed by atoms with van der Waals surface area (Å²) >= 11 is 0. The molecule has 262 valence electrons. The molecule has 6 heteroatoms. The zero-order valence-electron chi connectivity index (χ0n) is 29.5. The van der Waals surface area contributed by atoms with Crippen molar-refractivity contribution in [3.8, 4) is 0 Å². The van der Waals surface area contributed by atoms with Gasteiger partial charge in [0, 0.05) is 25.9 Å². The first-order chi connectivity index (χ1) is 21.5. The molecule has 2 amide bonds. The van der Waals surface area contributed by atoms with Crippen LogP contribution in [0.4, 0.5) is 0 Å². The number of hydrogen-bond donors (Lipinski definition) is 4. The van der Waals surface area contributed by atoms with Crippen LogP contribution in [0.15, 0.2) is 0 Å². The van der Waals surface area contributed by atoms with Crippen LogP contribution >= 0.6 is 0 Å². The second-order valence-electron chi connectivity index (χ2n) is 13.4. The third-order valence-electron chi connectivity index (χ3n) is 8.93. The zero-order valence-corrected chi connectivity index (χ0v) is 29.5. The molecule has 0 radical (unpaired) electrons. The van der Waals surface area contributed by atoms with E-state index < -0.39 is 0 Å². The maximum absolute atomic E-state index is 12.0. The third kappa shape index (κ3) is 33.7. The van der Waals surface area contributed by atoms with E-state index in [2.05, 4.69) is 24.5 Å². The fourth-order valence-electron chi connectivity index (χ4n) is 5.94. The largest absolute Gasteiger partial charge is 0.393 e. The number of hydrogen-bond acceptors (Lipinski definition) is 4. The first-order valence-electron chi connectivity index (χ1n) is 19.4. The molecule has 6 nitrogen and oxygen atoms in total. The predicted molar refractivity (Wildman–Crippen MR) is 188 cm³/mol. The lowest BCUT2D eigenvalue weighted by Crippen LogP contribution is -2.34. The number of amides is 2. The highest BCUT2D eigenvalue weighted by Crippen LogP contribution is 2.16. The van der Waals surface area contributed by atoms with Gasteiger partial charge in [0.05, 0.1) is 12.2 Å². The van der Waals surface area contributed by atoms with Gasteiger partial charge in [-0.2, -0.15) is 0 Å². The van der Waals surface area contributed by atoms with Gasteiger partial charge in [0.15, 0.2) is 0 Å². The number of aliphatic hydroxyl groups excluding tert-OH is 2. The summed E-state index contributed by atoms with van der Waals surface area (Å²) in [5, 5.41) is 25.9. The summed E-state index contributed by atoms with van der Waals surface area (Å²) in [5.74, 6) is 0.178. The van der Waals surface area contributed by atoms with Gasteiger partial charge in [-0.05, 0) is 38.5 Å². The van der Waals surface area contributed by atoms with Crippen molar-refractivity contribution in [2.75, 3.05) is 13.1 Å². The Bertz CT molecular complexity index is 564. The molecule has 0 aliphatic carbocycles. The van der Waals surface area contributed by atoms with E-state index in [1.165, 1.54) is 116 Å². The molecule has 0 spiro atoms. The van der Waals surface area contributed by atoms with Crippen LogP contribution in [0.25, 0.3) is 0 Å². The normalized spacial score (nSPS) is 12.7. The molecule has 0 aromatic heterocycles. The van der Waals surface area contributed by atoms with E-state index in [0.29, 0.717) is 25.9 Å². The summed E-state index contributed by atoms with van der Waals surface area (Å²) in [6.45, 7) is 5.45. The number of carbonyl (C=O) groups is 2. The van der Waals surface area contributed by atoms with Crippen LogP contribution in [0, 0.1) is 0 Å². The van der Waals surface area contributed by atoms with Crippen molar-refractivity contribution in [2.24, 2.45) is 0 Å². The number of carbonyl (C=O) groups excluding carboxylic acids is 2. The van der Waals surface area contributed by atoms with Gasteiger partial charge in [-0.1, -0.05) is 155 Å². The number of unbranched alkanes of at least 4 members (excludes halogenated alkanes) is 20. The fourth-order valence-corrected chi connectivity index (χ4v) is 5.94. The lowest BCUT2D eigenvalue weighted by molar-refractivity contribution is -0.123. The Balaban J connectivity index is 3.35. The molecule has 4 N–H and O–H groups in total. The smallest absolute Gasteiger partial charge is 0.220 e. The topological polar surface area (TPSA) is 98.7 Å². The molecular formula is C38H76N2O4. The van der Waals surface area contributed by atoms with Crippen LogP contribution in [0.2, 0.25) is 0 Å². The summed E-state index contributed by atoms with van der Waals surface area (Å²) in [6.07, 6.45) is 33.4.